The fourth-order valence-electron chi connectivity index (χ4n) is 3.09. The molecule has 126 valence electrons. The third-order valence-electron chi connectivity index (χ3n) is 4.27. The Bertz CT molecular complexity index is 765. The van der Waals surface area contributed by atoms with Crippen LogP contribution < -0.4 is 0 Å². The van der Waals surface area contributed by atoms with Crippen LogP contribution in [0.3, 0.4) is 0 Å². The Balaban J connectivity index is 1.66. The van der Waals surface area contributed by atoms with Gasteiger partial charge in [0.05, 0.1) is 36.6 Å². The lowest BCUT2D eigenvalue weighted by Gasteiger charge is -2.33. The molecule has 1 atom stereocenters. The number of ether oxygens (including phenoxy) is 1. The van der Waals surface area contributed by atoms with Crippen LogP contribution in [0, 0.1) is 31.0 Å². The van der Waals surface area contributed by atoms with Crippen molar-refractivity contribution in [2.24, 2.45) is 0 Å². The number of morpholine rings is 1. The summed E-state index contributed by atoms with van der Waals surface area (Å²) < 4.78 is 21.8. The molecule has 5 nitrogen and oxygen atoms in total. The van der Waals surface area contributed by atoms with Gasteiger partial charge in [0.1, 0.15) is 5.82 Å². The maximum absolute atomic E-state index is 14.0. The largest absolute Gasteiger partial charge is 0.374 e. The van der Waals surface area contributed by atoms with E-state index < -0.39 is 0 Å². The summed E-state index contributed by atoms with van der Waals surface area (Å²) in [5.41, 5.74) is 3.15. The summed E-state index contributed by atoms with van der Waals surface area (Å²) in [6.45, 7) is 7.27. The first-order valence-electron chi connectivity index (χ1n) is 8.08. The molecular formula is C18H21FN4O. The van der Waals surface area contributed by atoms with E-state index in [1.165, 1.54) is 12.1 Å². The lowest BCUT2D eigenvalue weighted by Crippen LogP contribution is -2.44. The van der Waals surface area contributed by atoms with Gasteiger partial charge >= 0.3 is 0 Å². The maximum atomic E-state index is 14.0. The van der Waals surface area contributed by atoms with Crippen LogP contribution in [0.4, 0.5) is 4.39 Å². The molecule has 6 heteroatoms. The minimum absolute atomic E-state index is 0.0268. The van der Waals surface area contributed by atoms with Gasteiger partial charge in [-0.3, -0.25) is 9.58 Å². The monoisotopic (exact) mass is 328 g/mol. The van der Waals surface area contributed by atoms with Gasteiger partial charge < -0.3 is 4.74 Å². The van der Waals surface area contributed by atoms with E-state index in [4.69, 9.17) is 10.00 Å². The number of halogens is 1. The van der Waals surface area contributed by atoms with Gasteiger partial charge in [0.25, 0.3) is 0 Å². The van der Waals surface area contributed by atoms with Crippen LogP contribution in [0.5, 0.6) is 0 Å². The Hall–Kier alpha value is -2.23. The highest BCUT2D eigenvalue weighted by molar-refractivity contribution is 5.33. The molecule has 2 heterocycles. The summed E-state index contributed by atoms with van der Waals surface area (Å²) in [4.78, 5) is 2.17. The fourth-order valence-corrected chi connectivity index (χ4v) is 3.09. The van der Waals surface area contributed by atoms with E-state index in [-0.39, 0.29) is 11.9 Å². The van der Waals surface area contributed by atoms with Gasteiger partial charge in [-0.25, -0.2) is 4.39 Å². The van der Waals surface area contributed by atoms with Crippen molar-refractivity contribution in [2.45, 2.75) is 33.0 Å². The van der Waals surface area contributed by atoms with Crippen LogP contribution in [0.15, 0.2) is 24.3 Å². The summed E-state index contributed by atoms with van der Waals surface area (Å²) in [5, 5.41) is 13.4. The maximum Gasteiger partial charge on any atom is 0.127 e. The fraction of sp³-hybridized carbons (Fsp3) is 0.444. The minimum Gasteiger partial charge on any atom is -0.374 e. The van der Waals surface area contributed by atoms with Gasteiger partial charge in [0, 0.05) is 30.9 Å². The molecule has 3 rings (SSSR count). The molecule has 0 radical (unpaired) electrons. The Morgan fingerprint density at radius 1 is 1.38 bits per heavy atom. The molecule has 1 aromatic carbocycles. The summed E-state index contributed by atoms with van der Waals surface area (Å²) in [7, 11) is 0. The first-order valence-corrected chi connectivity index (χ1v) is 8.08. The number of hydrogen-bond donors (Lipinski definition) is 0. The van der Waals surface area contributed by atoms with Crippen LogP contribution in [0.2, 0.25) is 0 Å². The number of aromatic nitrogens is 2. The molecule has 1 fully saturated rings. The standard InChI is InChI=1S/C18H21FN4O/c1-13-7-14(2)23(21-13)12-17-11-22(5-6-24-17)10-16-8-15(9-20)3-4-18(16)19/h3-4,7-8,17H,5-6,10-12H2,1-2H3/t17-/m0/s1. The third-order valence-corrected chi connectivity index (χ3v) is 4.27. The summed E-state index contributed by atoms with van der Waals surface area (Å²) in [6.07, 6.45) is 0.0268. The minimum atomic E-state index is -0.268. The number of rotatable bonds is 4. The van der Waals surface area contributed by atoms with E-state index in [9.17, 15) is 4.39 Å². The normalized spacial score (nSPS) is 18.5. The molecule has 24 heavy (non-hydrogen) atoms. The molecule has 0 N–H and O–H groups in total. The van der Waals surface area contributed by atoms with Crippen LogP contribution in [0.25, 0.3) is 0 Å². The molecule has 1 aliphatic heterocycles. The van der Waals surface area contributed by atoms with Crippen LogP contribution >= 0.6 is 0 Å². The quantitative estimate of drug-likeness (QED) is 0.865. The average Bonchev–Trinajstić information content (AvgIpc) is 2.87. The molecule has 0 aliphatic carbocycles. The van der Waals surface area contributed by atoms with Gasteiger partial charge in [0.2, 0.25) is 0 Å². The molecule has 1 aliphatic rings. The third kappa shape index (κ3) is 3.81. The van der Waals surface area contributed by atoms with E-state index >= 15 is 0 Å². The molecule has 0 bridgehead atoms. The van der Waals surface area contributed by atoms with Crippen molar-refractivity contribution in [3.8, 4) is 6.07 Å². The molecule has 0 amide bonds. The SMILES string of the molecule is Cc1cc(C)n(C[C@@H]2CN(Cc3cc(C#N)ccc3F)CCO2)n1. The predicted molar refractivity (Wildman–Crippen MR) is 87.8 cm³/mol. The van der Waals surface area contributed by atoms with Gasteiger partial charge in [-0.1, -0.05) is 0 Å². The highest BCUT2D eigenvalue weighted by atomic mass is 19.1. The van der Waals surface area contributed by atoms with Crippen LogP contribution in [0.1, 0.15) is 22.5 Å². The van der Waals surface area contributed by atoms with Crippen molar-refractivity contribution in [3.63, 3.8) is 0 Å². The van der Waals surface area contributed by atoms with Crippen molar-refractivity contribution in [3.05, 3.63) is 52.6 Å². The average molecular weight is 328 g/mol. The van der Waals surface area contributed by atoms with Gasteiger partial charge in [-0.2, -0.15) is 10.4 Å². The highest BCUT2D eigenvalue weighted by Gasteiger charge is 2.22. The number of benzene rings is 1. The van der Waals surface area contributed by atoms with Crippen LogP contribution in [-0.2, 0) is 17.8 Å². The number of aryl methyl sites for hydroxylation is 2. The molecule has 2 aromatic rings. The van der Waals surface area contributed by atoms with Crippen molar-refractivity contribution in [2.75, 3.05) is 19.7 Å². The second-order valence-electron chi connectivity index (χ2n) is 6.26. The number of nitrogens with zero attached hydrogens (tertiary/aromatic N) is 4. The first kappa shape index (κ1) is 16.6. The molecular weight excluding hydrogens is 307 g/mol. The molecule has 0 saturated carbocycles. The zero-order chi connectivity index (χ0) is 17.1. The highest BCUT2D eigenvalue weighted by Crippen LogP contribution is 2.16. The van der Waals surface area contributed by atoms with E-state index in [0.29, 0.717) is 37.4 Å². The predicted octanol–water partition coefficient (Wildman–Crippen LogP) is 2.41. The molecule has 1 saturated heterocycles. The second kappa shape index (κ2) is 7.12. The zero-order valence-electron chi connectivity index (χ0n) is 14.0. The smallest absolute Gasteiger partial charge is 0.127 e. The lowest BCUT2D eigenvalue weighted by molar-refractivity contribution is -0.0407. The Morgan fingerprint density at radius 3 is 2.92 bits per heavy atom. The van der Waals surface area contributed by atoms with Gasteiger partial charge in [0.15, 0.2) is 0 Å². The van der Waals surface area contributed by atoms with E-state index in [1.807, 2.05) is 24.6 Å². The van der Waals surface area contributed by atoms with Crippen molar-refractivity contribution >= 4 is 0 Å². The topological polar surface area (TPSA) is 54.1 Å². The van der Waals surface area contributed by atoms with Gasteiger partial charge in [-0.15, -0.1) is 0 Å². The number of hydrogen-bond acceptors (Lipinski definition) is 4. The summed E-state index contributed by atoms with van der Waals surface area (Å²) >= 11 is 0. The van der Waals surface area contributed by atoms with Crippen molar-refractivity contribution < 1.29 is 9.13 Å². The van der Waals surface area contributed by atoms with E-state index in [2.05, 4.69) is 16.1 Å². The Labute approximate surface area is 141 Å². The van der Waals surface area contributed by atoms with E-state index in [0.717, 1.165) is 17.9 Å². The van der Waals surface area contributed by atoms with Crippen LogP contribution in [-0.4, -0.2) is 40.5 Å². The zero-order valence-corrected chi connectivity index (χ0v) is 14.0. The van der Waals surface area contributed by atoms with Crippen molar-refractivity contribution in [1.82, 2.24) is 14.7 Å². The van der Waals surface area contributed by atoms with Crippen molar-refractivity contribution in [1.29, 1.82) is 5.26 Å². The summed E-state index contributed by atoms with van der Waals surface area (Å²) in [6, 6.07) is 8.60. The molecule has 0 unspecified atom stereocenters. The van der Waals surface area contributed by atoms with E-state index in [1.54, 1.807) is 6.07 Å². The first-order chi connectivity index (χ1) is 11.5. The Morgan fingerprint density at radius 2 is 2.21 bits per heavy atom. The molecule has 1 aromatic heterocycles. The number of nitriles is 1. The van der Waals surface area contributed by atoms with Gasteiger partial charge in [-0.05, 0) is 38.1 Å². The Kier molecular flexibility index (Phi) is 4.93. The lowest BCUT2D eigenvalue weighted by atomic mass is 10.1. The summed E-state index contributed by atoms with van der Waals surface area (Å²) in [5.74, 6) is -0.268. The molecule has 0 spiro atoms. The second-order valence-corrected chi connectivity index (χ2v) is 6.26.